The lowest BCUT2D eigenvalue weighted by Crippen LogP contribution is -2.14. The third-order valence-corrected chi connectivity index (χ3v) is 5.99. The van der Waals surface area contributed by atoms with Gasteiger partial charge in [-0.15, -0.1) is 0 Å². The lowest BCUT2D eigenvalue weighted by atomic mass is 10.2. The van der Waals surface area contributed by atoms with E-state index in [4.69, 9.17) is 5.26 Å². The van der Waals surface area contributed by atoms with Crippen LogP contribution in [0, 0.1) is 15.0 Å². The molecule has 0 saturated carbocycles. The fraction of sp³-hybridized carbons (Fsp3) is 0. The molecule has 0 spiro atoms. The third kappa shape index (κ3) is 2.32. The first kappa shape index (κ1) is 14.1. The van der Waals surface area contributed by atoms with E-state index < -0.39 is 10.0 Å². The monoisotopic (exact) mass is 408 g/mol. The minimum atomic E-state index is -3.65. The number of halogens is 1. The van der Waals surface area contributed by atoms with Crippen molar-refractivity contribution in [3.8, 4) is 6.07 Å². The van der Waals surface area contributed by atoms with Gasteiger partial charge in [0.15, 0.2) is 0 Å². The summed E-state index contributed by atoms with van der Waals surface area (Å²) in [5, 5.41) is 9.67. The highest BCUT2D eigenvalue weighted by Crippen LogP contribution is 2.27. The molecule has 0 unspecified atom stereocenters. The molecule has 0 aliphatic rings. The zero-order valence-corrected chi connectivity index (χ0v) is 13.7. The highest BCUT2D eigenvalue weighted by molar-refractivity contribution is 14.1. The molecule has 0 atom stereocenters. The minimum absolute atomic E-state index is 0.241. The Morgan fingerprint density at radius 1 is 1.05 bits per heavy atom. The van der Waals surface area contributed by atoms with Crippen molar-refractivity contribution in [3.05, 3.63) is 63.9 Å². The van der Waals surface area contributed by atoms with Gasteiger partial charge in [-0.3, -0.25) is 0 Å². The summed E-state index contributed by atoms with van der Waals surface area (Å²) < 4.78 is 27.4. The number of hydrogen-bond acceptors (Lipinski definition) is 3. The summed E-state index contributed by atoms with van der Waals surface area (Å²) in [6.45, 7) is 0. The van der Waals surface area contributed by atoms with E-state index in [0.717, 1.165) is 5.39 Å². The van der Waals surface area contributed by atoms with Crippen molar-refractivity contribution in [2.75, 3.05) is 0 Å². The van der Waals surface area contributed by atoms with E-state index in [-0.39, 0.29) is 4.90 Å². The fourth-order valence-electron chi connectivity index (χ4n) is 2.17. The molecule has 0 fully saturated rings. The predicted octanol–water partition coefficient (Wildman–Crippen LogP) is 3.35. The quantitative estimate of drug-likeness (QED) is 0.611. The Balaban J connectivity index is 2.31. The Morgan fingerprint density at radius 3 is 2.43 bits per heavy atom. The van der Waals surface area contributed by atoms with E-state index in [2.05, 4.69) is 6.07 Å². The van der Waals surface area contributed by atoms with Crippen LogP contribution in [0.4, 0.5) is 0 Å². The average Bonchev–Trinajstić information content (AvgIpc) is 2.83. The van der Waals surface area contributed by atoms with Gasteiger partial charge in [-0.25, -0.2) is 12.4 Å². The highest BCUT2D eigenvalue weighted by Gasteiger charge is 2.21. The van der Waals surface area contributed by atoms with Crippen LogP contribution in [-0.4, -0.2) is 12.4 Å². The summed E-state index contributed by atoms with van der Waals surface area (Å²) in [6, 6.07) is 17.1. The Labute approximate surface area is 135 Å². The lowest BCUT2D eigenvalue weighted by Gasteiger charge is -2.09. The van der Waals surface area contributed by atoms with Crippen LogP contribution in [0.25, 0.3) is 10.9 Å². The maximum Gasteiger partial charge on any atom is 0.269 e. The highest BCUT2D eigenvalue weighted by atomic mass is 127. The largest absolute Gasteiger partial charge is 0.269 e. The van der Waals surface area contributed by atoms with Crippen LogP contribution in [0.3, 0.4) is 0 Å². The fourth-order valence-corrected chi connectivity index (χ4v) is 4.96. The maximum absolute atomic E-state index is 12.8. The van der Waals surface area contributed by atoms with Gasteiger partial charge in [-0.1, -0.05) is 18.2 Å². The van der Waals surface area contributed by atoms with E-state index in [0.29, 0.717) is 14.8 Å². The van der Waals surface area contributed by atoms with E-state index in [1.165, 1.54) is 3.97 Å². The van der Waals surface area contributed by atoms with Crippen molar-refractivity contribution in [1.82, 2.24) is 3.97 Å². The van der Waals surface area contributed by atoms with Gasteiger partial charge in [0.05, 0.1) is 25.7 Å². The van der Waals surface area contributed by atoms with E-state index in [9.17, 15) is 8.42 Å². The van der Waals surface area contributed by atoms with Crippen molar-refractivity contribution >= 4 is 43.5 Å². The molecule has 3 aromatic rings. The number of nitrogens with zero attached hydrogens (tertiary/aromatic N) is 2. The van der Waals surface area contributed by atoms with Crippen LogP contribution < -0.4 is 0 Å². The van der Waals surface area contributed by atoms with Crippen molar-refractivity contribution in [2.45, 2.75) is 4.90 Å². The van der Waals surface area contributed by atoms with Gasteiger partial charge in [0, 0.05) is 5.39 Å². The molecular weight excluding hydrogens is 399 g/mol. The summed E-state index contributed by atoms with van der Waals surface area (Å²) >= 11 is 1.99. The van der Waals surface area contributed by atoms with Crippen molar-refractivity contribution < 1.29 is 8.42 Å². The van der Waals surface area contributed by atoms with Gasteiger partial charge in [0.2, 0.25) is 0 Å². The lowest BCUT2D eigenvalue weighted by molar-refractivity contribution is 0.588. The molecular formula is C15H9IN2O2S. The maximum atomic E-state index is 12.8. The molecule has 1 heterocycles. The Kier molecular flexibility index (Phi) is 3.47. The molecule has 0 bridgehead atoms. The van der Waals surface area contributed by atoms with Gasteiger partial charge in [-0.2, -0.15) is 5.26 Å². The second kappa shape index (κ2) is 5.16. The number of hydrogen-bond donors (Lipinski definition) is 0. The van der Waals surface area contributed by atoms with Crippen LogP contribution in [0.2, 0.25) is 0 Å². The van der Waals surface area contributed by atoms with Crippen LogP contribution >= 0.6 is 22.6 Å². The molecule has 0 radical (unpaired) electrons. The van der Waals surface area contributed by atoms with Crippen LogP contribution in [-0.2, 0) is 10.0 Å². The van der Waals surface area contributed by atoms with Crippen molar-refractivity contribution in [2.24, 2.45) is 0 Å². The zero-order chi connectivity index (χ0) is 15.0. The SMILES string of the molecule is N#Cc1ccc2c(c1)cc(I)n2S(=O)(=O)c1ccccc1. The zero-order valence-electron chi connectivity index (χ0n) is 10.7. The summed E-state index contributed by atoms with van der Waals surface area (Å²) in [5.41, 5.74) is 1.08. The van der Waals surface area contributed by atoms with Crippen molar-refractivity contribution in [3.63, 3.8) is 0 Å². The summed E-state index contributed by atoms with van der Waals surface area (Å²) in [6.07, 6.45) is 0. The Hall–Kier alpha value is -1.85. The molecule has 21 heavy (non-hydrogen) atoms. The Morgan fingerprint density at radius 2 is 1.76 bits per heavy atom. The van der Waals surface area contributed by atoms with Crippen LogP contribution in [0.1, 0.15) is 5.56 Å². The summed E-state index contributed by atoms with van der Waals surface area (Å²) in [7, 11) is -3.65. The molecule has 0 aliphatic heterocycles. The van der Waals surface area contributed by atoms with Gasteiger partial charge in [-0.05, 0) is 59.0 Å². The van der Waals surface area contributed by atoms with Gasteiger partial charge < -0.3 is 0 Å². The van der Waals surface area contributed by atoms with Gasteiger partial charge >= 0.3 is 0 Å². The topological polar surface area (TPSA) is 62.9 Å². The smallest absolute Gasteiger partial charge is 0.228 e. The molecule has 6 heteroatoms. The molecule has 0 saturated heterocycles. The third-order valence-electron chi connectivity index (χ3n) is 3.13. The Bertz CT molecular complexity index is 970. The summed E-state index contributed by atoms with van der Waals surface area (Å²) in [5.74, 6) is 0. The molecule has 2 aromatic carbocycles. The van der Waals surface area contributed by atoms with Crippen LogP contribution in [0.5, 0.6) is 0 Å². The predicted molar refractivity (Wildman–Crippen MR) is 88.4 cm³/mol. The first-order valence-electron chi connectivity index (χ1n) is 6.06. The minimum Gasteiger partial charge on any atom is -0.228 e. The normalized spacial score (nSPS) is 11.4. The first-order chi connectivity index (χ1) is 10.0. The van der Waals surface area contributed by atoms with E-state index in [1.54, 1.807) is 54.6 Å². The van der Waals surface area contributed by atoms with E-state index in [1.807, 2.05) is 22.6 Å². The number of nitriles is 1. The standard InChI is InChI=1S/C15H9IN2O2S/c16-15-9-12-8-11(10-17)6-7-14(12)18(15)21(19,20)13-4-2-1-3-5-13/h1-9H. The molecule has 0 amide bonds. The second-order valence-corrected chi connectivity index (χ2v) is 7.33. The van der Waals surface area contributed by atoms with E-state index >= 15 is 0 Å². The van der Waals surface area contributed by atoms with Crippen LogP contribution in [0.15, 0.2) is 59.5 Å². The van der Waals surface area contributed by atoms with Gasteiger partial charge in [0.25, 0.3) is 10.0 Å². The number of benzene rings is 2. The number of fused-ring (bicyclic) bond motifs is 1. The molecule has 0 N–H and O–H groups in total. The number of aromatic nitrogens is 1. The molecule has 3 rings (SSSR count). The first-order valence-corrected chi connectivity index (χ1v) is 8.57. The molecule has 4 nitrogen and oxygen atoms in total. The number of rotatable bonds is 2. The van der Waals surface area contributed by atoms with Crippen molar-refractivity contribution in [1.29, 1.82) is 5.26 Å². The summed E-state index contributed by atoms with van der Waals surface area (Å²) in [4.78, 5) is 0.241. The average molecular weight is 408 g/mol. The molecule has 104 valence electrons. The second-order valence-electron chi connectivity index (χ2n) is 4.43. The van der Waals surface area contributed by atoms with Gasteiger partial charge in [0.1, 0.15) is 0 Å². The molecule has 0 aliphatic carbocycles. The molecule has 1 aromatic heterocycles.